The van der Waals surface area contributed by atoms with Gasteiger partial charge in [0.15, 0.2) is 0 Å². The first-order valence-corrected chi connectivity index (χ1v) is 8.22. The topological polar surface area (TPSA) is 65.9 Å². The largest absolute Gasteiger partial charge is 0.488 e. The lowest BCUT2D eigenvalue weighted by molar-refractivity contribution is 0.362. The molecule has 0 saturated carbocycles. The third kappa shape index (κ3) is 3.42. The number of aryl methyl sites for hydroxylation is 1. The van der Waals surface area contributed by atoms with Crippen LogP contribution in [0.15, 0.2) is 40.1 Å². The summed E-state index contributed by atoms with van der Waals surface area (Å²) < 4.78 is 7.46. The van der Waals surface area contributed by atoms with Gasteiger partial charge in [0.25, 0.3) is 5.56 Å². The molecule has 2 aromatic rings. The number of H-pyrrole nitrogens is 1. The molecule has 0 atom stereocenters. The molecule has 0 aliphatic heterocycles. The Morgan fingerprint density at radius 3 is 2.82 bits per heavy atom. The summed E-state index contributed by atoms with van der Waals surface area (Å²) in [6, 6.07) is 7.51. The lowest BCUT2D eigenvalue weighted by Crippen LogP contribution is -2.13. The van der Waals surface area contributed by atoms with Crippen LogP contribution in [0.2, 0.25) is 0 Å². The van der Waals surface area contributed by atoms with Gasteiger partial charge < -0.3 is 9.72 Å². The van der Waals surface area contributed by atoms with E-state index in [0.717, 1.165) is 8.04 Å². The Bertz CT molecular complexity index is 837. The molecule has 4 nitrogen and oxygen atoms in total. The minimum absolute atomic E-state index is 0.0722. The summed E-state index contributed by atoms with van der Waals surface area (Å²) in [5, 5.41) is 9.32. The third-order valence-corrected chi connectivity index (χ3v) is 4.18. The molecule has 2 rings (SSSR count). The summed E-state index contributed by atoms with van der Waals surface area (Å²) >= 11 is 5.61. The predicted molar refractivity (Wildman–Crippen MR) is 98.1 cm³/mol. The summed E-state index contributed by atoms with van der Waals surface area (Å²) in [6.45, 7) is 5.76. The van der Waals surface area contributed by atoms with E-state index in [1.54, 1.807) is 19.1 Å². The van der Waals surface area contributed by atoms with E-state index in [4.69, 9.17) is 4.74 Å². The van der Waals surface area contributed by atoms with Crippen molar-refractivity contribution in [3.8, 4) is 22.9 Å². The van der Waals surface area contributed by atoms with Gasteiger partial charge in [0.2, 0.25) is 0 Å². The number of nitrogens with zero attached hydrogens (tertiary/aromatic N) is 1. The normalized spacial score (nSPS) is 10.1. The van der Waals surface area contributed by atoms with Crippen LogP contribution in [-0.4, -0.2) is 11.6 Å². The number of aromatic nitrogens is 1. The van der Waals surface area contributed by atoms with Gasteiger partial charge >= 0.3 is 0 Å². The van der Waals surface area contributed by atoms with E-state index < -0.39 is 5.56 Å². The summed E-state index contributed by atoms with van der Waals surface area (Å²) in [4.78, 5) is 14.7. The minimum Gasteiger partial charge on any atom is -0.488 e. The van der Waals surface area contributed by atoms with Gasteiger partial charge in [0, 0.05) is 21.3 Å². The Balaban J connectivity index is 2.80. The number of halogens is 2. The highest BCUT2D eigenvalue weighted by atomic mass is 127. The van der Waals surface area contributed by atoms with Crippen molar-refractivity contribution in [1.29, 1.82) is 5.26 Å². The lowest BCUT2D eigenvalue weighted by atomic mass is 10.00. The Kier molecular flexibility index (Phi) is 5.42. The zero-order valence-electron chi connectivity index (χ0n) is 11.7. The zero-order valence-corrected chi connectivity index (χ0v) is 15.5. The van der Waals surface area contributed by atoms with Crippen LogP contribution < -0.4 is 10.3 Å². The van der Waals surface area contributed by atoms with E-state index >= 15 is 0 Å². The summed E-state index contributed by atoms with van der Waals surface area (Å²) in [6.07, 6.45) is 1.65. The number of hydrogen-bond donors (Lipinski definition) is 1. The third-order valence-electron chi connectivity index (χ3n) is 2.92. The van der Waals surface area contributed by atoms with Gasteiger partial charge in [-0.2, -0.15) is 5.26 Å². The van der Waals surface area contributed by atoms with E-state index in [-0.39, 0.29) is 5.56 Å². The summed E-state index contributed by atoms with van der Waals surface area (Å²) in [5.74, 6) is 0.630. The Morgan fingerprint density at radius 1 is 1.45 bits per heavy atom. The Hall–Kier alpha value is -1.59. The zero-order chi connectivity index (χ0) is 16.3. The molecule has 1 aromatic carbocycles. The smallest absolute Gasteiger partial charge is 0.266 e. The quantitative estimate of drug-likeness (QED) is 0.539. The SMILES string of the molecule is C=CCOc1c(I)cc(Br)cc1-c1cc(C)[nH]c(=O)c1C#N. The van der Waals surface area contributed by atoms with Crippen molar-refractivity contribution in [2.24, 2.45) is 0 Å². The first-order chi connectivity index (χ1) is 10.5. The number of hydrogen-bond acceptors (Lipinski definition) is 3. The highest BCUT2D eigenvalue weighted by Crippen LogP contribution is 2.38. The van der Waals surface area contributed by atoms with Gasteiger partial charge in [-0.25, -0.2) is 0 Å². The van der Waals surface area contributed by atoms with Crippen molar-refractivity contribution < 1.29 is 4.74 Å². The molecular formula is C16H12BrIN2O2. The number of benzene rings is 1. The van der Waals surface area contributed by atoms with Crippen LogP contribution in [-0.2, 0) is 0 Å². The fourth-order valence-corrected chi connectivity index (χ4v) is 3.73. The molecule has 6 heteroatoms. The second kappa shape index (κ2) is 7.11. The Labute approximate surface area is 150 Å². The maximum Gasteiger partial charge on any atom is 0.266 e. The van der Waals surface area contributed by atoms with Crippen LogP contribution in [0.5, 0.6) is 5.75 Å². The minimum atomic E-state index is -0.401. The van der Waals surface area contributed by atoms with Crippen molar-refractivity contribution in [2.45, 2.75) is 6.92 Å². The molecule has 0 radical (unpaired) electrons. The van der Waals surface area contributed by atoms with Gasteiger partial charge in [-0.3, -0.25) is 4.79 Å². The average Bonchev–Trinajstić information content (AvgIpc) is 2.45. The summed E-state index contributed by atoms with van der Waals surface area (Å²) in [7, 11) is 0. The molecule has 0 fully saturated rings. The van der Waals surface area contributed by atoms with E-state index in [1.165, 1.54) is 0 Å². The molecule has 1 heterocycles. The van der Waals surface area contributed by atoms with Crippen molar-refractivity contribution in [3.05, 3.63) is 60.5 Å². The van der Waals surface area contributed by atoms with Crippen molar-refractivity contribution in [3.63, 3.8) is 0 Å². The van der Waals surface area contributed by atoms with Gasteiger partial charge in [0.1, 0.15) is 24.0 Å². The summed E-state index contributed by atoms with van der Waals surface area (Å²) in [5.41, 5.74) is 1.61. The molecule has 0 aliphatic rings. The molecule has 22 heavy (non-hydrogen) atoms. The number of nitriles is 1. The van der Waals surface area contributed by atoms with Gasteiger partial charge in [-0.1, -0.05) is 28.6 Å². The van der Waals surface area contributed by atoms with Crippen LogP contribution in [0.1, 0.15) is 11.3 Å². The van der Waals surface area contributed by atoms with Crippen LogP contribution in [0.4, 0.5) is 0 Å². The van der Waals surface area contributed by atoms with Crippen LogP contribution in [0.3, 0.4) is 0 Å². The molecule has 0 amide bonds. The Morgan fingerprint density at radius 2 is 2.18 bits per heavy atom. The number of aromatic amines is 1. The maximum atomic E-state index is 12.0. The molecule has 112 valence electrons. The van der Waals surface area contributed by atoms with Gasteiger partial charge in [0.05, 0.1) is 3.57 Å². The second-order valence-electron chi connectivity index (χ2n) is 4.55. The molecule has 1 aromatic heterocycles. The molecule has 0 bridgehead atoms. The highest BCUT2D eigenvalue weighted by Gasteiger charge is 2.17. The first kappa shape index (κ1) is 16.8. The van der Waals surface area contributed by atoms with E-state index in [0.29, 0.717) is 29.2 Å². The molecular weight excluding hydrogens is 459 g/mol. The molecule has 0 aliphatic carbocycles. The van der Waals surface area contributed by atoms with Crippen molar-refractivity contribution in [1.82, 2.24) is 4.98 Å². The maximum absolute atomic E-state index is 12.0. The second-order valence-corrected chi connectivity index (χ2v) is 6.62. The standard InChI is InChI=1S/C16H12BrIN2O2/c1-3-4-22-15-12(6-10(17)7-14(15)18)11-5-9(2)20-16(21)13(11)8-19/h3,5-7H,1,4H2,2H3,(H,20,21). The van der Waals surface area contributed by atoms with Gasteiger partial charge in [-0.05, 0) is 47.7 Å². The van der Waals surface area contributed by atoms with Crippen LogP contribution >= 0.6 is 38.5 Å². The average molecular weight is 471 g/mol. The molecule has 0 saturated heterocycles. The van der Waals surface area contributed by atoms with Crippen LogP contribution in [0.25, 0.3) is 11.1 Å². The highest BCUT2D eigenvalue weighted by molar-refractivity contribution is 14.1. The monoisotopic (exact) mass is 470 g/mol. The lowest BCUT2D eigenvalue weighted by Gasteiger charge is -2.14. The fraction of sp³-hybridized carbons (Fsp3) is 0.125. The number of ether oxygens (including phenoxy) is 1. The van der Waals surface area contributed by atoms with Crippen molar-refractivity contribution in [2.75, 3.05) is 6.61 Å². The number of nitrogens with one attached hydrogen (secondary N) is 1. The molecule has 0 unspecified atom stereocenters. The number of pyridine rings is 1. The first-order valence-electron chi connectivity index (χ1n) is 6.35. The fourth-order valence-electron chi connectivity index (χ4n) is 2.06. The number of rotatable bonds is 4. The van der Waals surface area contributed by atoms with Crippen LogP contribution in [0, 0.1) is 21.8 Å². The van der Waals surface area contributed by atoms with Crippen molar-refractivity contribution >= 4 is 38.5 Å². The van der Waals surface area contributed by atoms with E-state index in [9.17, 15) is 10.1 Å². The van der Waals surface area contributed by atoms with E-state index in [2.05, 4.69) is 50.1 Å². The van der Waals surface area contributed by atoms with Gasteiger partial charge in [-0.15, -0.1) is 0 Å². The predicted octanol–water partition coefficient (Wildman–Crippen LogP) is 4.15. The molecule has 0 spiro atoms. The van der Waals surface area contributed by atoms with E-state index in [1.807, 2.05) is 18.2 Å². The molecule has 1 N–H and O–H groups in total.